The lowest BCUT2D eigenvalue weighted by molar-refractivity contribution is -0.139. The van der Waals surface area contributed by atoms with Gasteiger partial charge in [-0.25, -0.2) is 4.79 Å². The molecule has 0 saturated carbocycles. The van der Waals surface area contributed by atoms with E-state index in [1.54, 1.807) is 19.1 Å². The molecule has 1 amide bonds. The van der Waals surface area contributed by atoms with E-state index in [1.165, 1.54) is 7.11 Å². The highest BCUT2D eigenvalue weighted by molar-refractivity contribution is 6.18. The molecular weight excluding hydrogens is 322 g/mol. The third-order valence-corrected chi connectivity index (χ3v) is 4.74. The van der Waals surface area contributed by atoms with Gasteiger partial charge in [-0.05, 0) is 18.1 Å². The third-order valence-electron chi connectivity index (χ3n) is 4.74. The summed E-state index contributed by atoms with van der Waals surface area (Å²) in [6.07, 6.45) is 0.279. The highest BCUT2D eigenvalue weighted by Crippen LogP contribution is 2.53. The van der Waals surface area contributed by atoms with Gasteiger partial charge in [-0.2, -0.15) is 5.26 Å². The second kappa shape index (κ2) is 5.74. The van der Waals surface area contributed by atoms with Crippen molar-refractivity contribution in [2.24, 2.45) is 5.92 Å². The Hall–Kier alpha value is -3.14. The summed E-state index contributed by atoms with van der Waals surface area (Å²) >= 11 is 0. The molecule has 0 aromatic heterocycles. The number of aryl methyl sites for hydroxylation is 1. The molecule has 0 radical (unpaired) electrons. The number of rotatable bonds is 2. The van der Waals surface area contributed by atoms with E-state index >= 15 is 0 Å². The van der Waals surface area contributed by atoms with Gasteiger partial charge in [-0.15, -0.1) is 0 Å². The van der Waals surface area contributed by atoms with Gasteiger partial charge < -0.3 is 14.8 Å². The number of esters is 1. The topological polar surface area (TPSA) is 112 Å². The number of carbonyl (C=O) groups excluding carboxylic acids is 2. The predicted molar refractivity (Wildman–Crippen MR) is 88.7 cm³/mol. The van der Waals surface area contributed by atoms with Crippen LogP contribution in [0.2, 0.25) is 0 Å². The minimum atomic E-state index is -1.65. The SMILES string of the molecule is CCC1=C(C(=O)OC)C2(C(=O)Nc3c(C)cccc32)C(C#N)C(=N)O1. The monoisotopic (exact) mass is 339 g/mol. The second-order valence-corrected chi connectivity index (χ2v) is 5.93. The van der Waals surface area contributed by atoms with E-state index in [2.05, 4.69) is 5.32 Å². The predicted octanol–water partition coefficient (Wildman–Crippen LogP) is 2.17. The van der Waals surface area contributed by atoms with Crippen LogP contribution in [0.15, 0.2) is 29.5 Å². The summed E-state index contributed by atoms with van der Waals surface area (Å²) < 4.78 is 10.3. The number of nitriles is 1. The third kappa shape index (κ3) is 2.00. The molecule has 2 aliphatic heterocycles. The van der Waals surface area contributed by atoms with Gasteiger partial charge in [0.2, 0.25) is 11.8 Å². The minimum Gasteiger partial charge on any atom is -0.466 e. The zero-order chi connectivity index (χ0) is 18.4. The molecule has 25 heavy (non-hydrogen) atoms. The Morgan fingerprint density at radius 2 is 2.24 bits per heavy atom. The molecule has 7 nitrogen and oxygen atoms in total. The average Bonchev–Trinajstić information content (AvgIpc) is 2.89. The first-order chi connectivity index (χ1) is 11.9. The van der Waals surface area contributed by atoms with Crippen LogP contribution in [-0.4, -0.2) is 24.9 Å². The normalized spacial score (nSPS) is 24.5. The summed E-state index contributed by atoms with van der Waals surface area (Å²) in [6.45, 7) is 3.57. The molecule has 0 bridgehead atoms. The number of hydrogen-bond donors (Lipinski definition) is 2. The number of carbonyl (C=O) groups is 2. The van der Waals surface area contributed by atoms with Crippen molar-refractivity contribution >= 4 is 23.5 Å². The van der Waals surface area contributed by atoms with Crippen LogP contribution in [0.25, 0.3) is 0 Å². The van der Waals surface area contributed by atoms with Crippen LogP contribution >= 0.6 is 0 Å². The van der Waals surface area contributed by atoms with Gasteiger partial charge in [-0.1, -0.05) is 25.1 Å². The number of allylic oxidation sites excluding steroid dienone is 1. The molecule has 2 unspecified atom stereocenters. The van der Waals surface area contributed by atoms with Crippen LogP contribution in [0.5, 0.6) is 0 Å². The van der Waals surface area contributed by atoms with Gasteiger partial charge in [0.15, 0.2) is 0 Å². The zero-order valence-electron chi connectivity index (χ0n) is 14.1. The number of nitrogens with zero attached hydrogens (tertiary/aromatic N) is 1. The molecule has 1 aromatic rings. The van der Waals surface area contributed by atoms with Gasteiger partial charge in [-0.3, -0.25) is 10.2 Å². The standard InChI is InChI=1S/C18H17N3O4/c1-4-12-13(16(22)24-3)18(11(8-19)15(20)25-12)10-7-5-6-9(2)14(10)21-17(18)23/h5-7,11,20H,4H2,1-3H3,(H,21,23). The second-order valence-electron chi connectivity index (χ2n) is 5.93. The van der Waals surface area contributed by atoms with Gasteiger partial charge >= 0.3 is 5.97 Å². The molecule has 0 saturated heterocycles. The van der Waals surface area contributed by atoms with E-state index in [4.69, 9.17) is 14.9 Å². The number of amides is 1. The van der Waals surface area contributed by atoms with Gasteiger partial charge in [0.05, 0.1) is 18.8 Å². The lowest BCUT2D eigenvalue weighted by atomic mass is 9.64. The first kappa shape index (κ1) is 16.7. The Balaban J connectivity index is 2.46. The van der Waals surface area contributed by atoms with E-state index in [1.807, 2.05) is 19.1 Å². The lowest BCUT2D eigenvalue weighted by Gasteiger charge is -2.38. The number of nitrogens with one attached hydrogen (secondary N) is 2. The fourth-order valence-electron chi connectivity index (χ4n) is 3.62. The van der Waals surface area contributed by atoms with Gasteiger partial charge in [0, 0.05) is 12.1 Å². The van der Waals surface area contributed by atoms with E-state index in [0.717, 1.165) is 5.56 Å². The number of methoxy groups -OCH3 is 1. The summed E-state index contributed by atoms with van der Waals surface area (Å²) in [5.41, 5.74) is 0.188. The summed E-state index contributed by atoms with van der Waals surface area (Å²) in [5.74, 6) is -2.71. The molecule has 2 heterocycles. The maximum Gasteiger partial charge on any atom is 0.338 e. The van der Waals surface area contributed by atoms with Crippen LogP contribution < -0.4 is 5.32 Å². The highest BCUT2D eigenvalue weighted by Gasteiger charge is 2.63. The van der Waals surface area contributed by atoms with Crippen molar-refractivity contribution in [1.29, 1.82) is 10.7 Å². The summed E-state index contributed by atoms with van der Waals surface area (Å²) in [4.78, 5) is 25.7. The minimum absolute atomic E-state index is 0.0121. The van der Waals surface area contributed by atoms with Crippen molar-refractivity contribution in [3.8, 4) is 6.07 Å². The first-order valence-electron chi connectivity index (χ1n) is 7.82. The largest absolute Gasteiger partial charge is 0.466 e. The molecule has 0 fully saturated rings. The summed E-state index contributed by atoms with van der Waals surface area (Å²) in [5, 5.41) is 20.6. The fourth-order valence-corrected chi connectivity index (χ4v) is 3.62. The zero-order valence-corrected chi connectivity index (χ0v) is 14.1. The molecule has 128 valence electrons. The van der Waals surface area contributed by atoms with Crippen LogP contribution in [-0.2, 0) is 24.5 Å². The van der Waals surface area contributed by atoms with Crippen LogP contribution in [0.4, 0.5) is 5.69 Å². The molecule has 2 aliphatic rings. The molecule has 2 N–H and O–H groups in total. The Labute approximate surface area is 144 Å². The number of anilines is 1. The molecule has 1 aromatic carbocycles. The highest BCUT2D eigenvalue weighted by atomic mass is 16.5. The smallest absolute Gasteiger partial charge is 0.338 e. The quantitative estimate of drug-likeness (QED) is 0.802. The average molecular weight is 339 g/mol. The van der Waals surface area contributed by atoms with Crippen molar-refractivity contribution in [3.63, 3.8) is 0 Å². The Kier molecular flexibility index (Phi) is 3.84. The first-order valence-corrected chi connectivity index (χ1v) is 7.82. The van der Waals surface area contributed by atoms with E-state index in [0.29, 0.717) is 11.3 Å². The molecular formula is C18H17N3O4. The lowest BCUT2D eigenvalue weighted by Crippen LogP contribution is -2.52. The maximum absolute atomic E-state index is 13.1. The number of ether oxygens (including phenoxy) is 2. The number of benzene rings is 1. The van der Waals surface area contributed by atoms with Crippen molar-refractivity contribution in [1.82, 2.24) is 0 Å². The molecule has 3 rings (SSSR count). The van der Waals surface area contributed by atoms with Crippen molar-refractivity contribution in [2.45, 2.75) is 25.7 Å². The Morgan fingerprint density at radius 1 is 1.52 bits per heavy atom. The van der Waals surface area contributed by atoms with E-state index < -0.39 is 23.2 Å². The Bertz CT molecular complexity index is 881. The number of para-hydroxylation sites is 1. The maximum atomic E-state index is 13.1. The molecule has 1 spiro atoms. The van der Waals surface area contributed by atoms with Crippen LogP contribution in [0.3, 0.4) is 0 Å². The van der Waals surface area contributed by atoms with E-state index in [-0.39, 0.29) is 23.7 Å². The van der Waals surface area contributed by atoms with Gasteiger partial charge in [0.1, 0.15) is 17.1 Å². The summed E-state index contributed by atoms with van der Waals surface area (Å²) in [6, 6.07) is 7.25. The van der Waals surface area contributed by atoms with Gasteiger partial charge in [0.25, 0.3) is 0 Å². The van der Waals surface area contributed by atoms with E-state index in [9.17, 15) is 14.9 Å². The molecule has 0 aliphatic carbocycles. The number of fused-ring (bicyclic) bond motifs is 2. The fraction of sp³-hybridized carbons (Fsp3) is 0.333. The van der Waals surface area contributed by atoms with Crippen molar-refractivity contribution in [2.75, 3.05) is 12.4 Å². The number of hydrogen-bond acceptors (Lipinski definition) is 6. The molecule has 2 atom stereocenters. The van der Waals surface area contributed by atoms with Crippen LogP contribution in [0.1, 0.15) is 24.5 Å². The molecule has 7 heteroatoms. The van der Waals surface area contributed by atoms with Crippen LogP contribution in [0, 0.1) is 29.6 Å². The Morgan fingerprint density at radius 3 is 2.84 bits per heavy atom. The summed E-state index contributed by atoms with van der Waals surface area (Å²) in [7, 11) is 1.21. The van der Waals surface area contributed by atoms with Crippen molar-refractivity contribution < 1.29 is 19.1 Å². The van der Waals surface area contributed by atoms with Crippen molar-refractivity contribution in [3.05, 3.63) is 40.7 Å².